The largest absolute Gasteiger partial charge is 0.353 e. The first-order chi connectivity index (χ1) is 13.7. The molecule has 8 heteroatoms. The van der Waals surface area contributed by atoms with E-state index in [2.05, 4.69) is 32.0 Å². The van der Waals surface area contributed by atoms with E-state index in [1.807, 2.05) is 22.8 Å². The smallest absolute Gasteiger partial charge is 0.230 e. The molecule has 28 heavy (non-hydrogen) atoms. The summed E-state index contributed by atoms with van der Waals surface area (Å²) < 4.78 is 1.98. The van der Waals surface area contributed by atoms with E-state index >= 15 is 0 Å². The van der Waals surface area contributed by atoms with Gasteiger partial charge in [-0.15, -0.1) is 16.8 Å². The molecule has 0 radical (unpaired) electrons. The van der Waals surface area contributed by atoms with Gasteiger partial charge in [0.1, 0.15) is 0 Å². The molecular weight excluding hydrogens is 372 g/mol. The van der Waals surface area contributed by atoms with Gasteiger partial charge in [-0.3, -0.25) is 14.3 Å². The monoisotopic (exact) mass is 398 g/mol. The van der Waals surface area contributed by atoms with Crippen LogP contribution in [-0.4, -0.2) is 61.5 Å². The van der Waals surface area contributed by atoms with Crippen molar-refractivity contribution in [3.8, 4) is 11.4 Å². The molecule has 7 nitrogen and oxygen atoms in total. The second-order valence-corrected chi connectivity index (χ2v) is 8.28. The summed E-state index contributed by atoms with van der Waals surface area (Å²) in [4.78, 5) is 19.0. The summed E-state index contributed by atoms with van der Waals surface area (Å²) in [5.74, 6) is 1.17. The average Bonchev–Trinajstić information content (AvgIpc) is 3.50. The van der Waals surface area contributed by atoms with Gasteiger partial charge >= 0.3 is 0 Å². The number of nitrogens with one attached hydrogen (secondary N) is 1. The Labute approximate surface area is 169 Å². The lowest BCUT2D eigenvalue weighted by atomic mass is 10.1. The van der Waals surface area contributed by atoms with E-state index in [1.54, 1.807) is 12.4 Å². The van der Waals surface area contributed by atoms with Gasteiger partial charge in [-0.2, -0.15) is 0 Å². The van der Waals surface area contributed by atoms with Crippen molar-refractivity contribution in [2.45, 2.75) is 49.5 Å². The van der Waals surface area contributed by atoms with Crippen LogP contribution in [0.2, 0.25) is 0 Å². The Morgan fingerprint density at radius 2 is 1.96 bits per heavy atom. The van der Waals surface area contributed by atoms with E-state index in [0.29, 0.717) is 18.3 Å². The lowest BCUT2D eigenvalue weighted by molar-refractivity contribution is -0.119. The fourth-order valence-corrected chi connectivity index (χ4v) is 4.41. The summed E-state index contributed by atoms with van der Waals surface area (Å²) in [5.41, 5.74) is 0.947. The standard InChI is InChI=1S/C20H26N6OS/c1-2-11-26-19(15-5-9-21-10-6-15)23-24-20(26)28-14-18(27)22-16-7-12-25(13-8-16)17-3-4-17/h2,5-6,9-10,16-17H,1,3-4,7-8,11-14H2,(H,22,27). The third-order valence-corrected chi connectivity index (χ3v) is 6.22. The fourth-order valence-electron chi connectivity index (χ4n) is 3.65. The van der Waals surface area contributed by atoms with Crippen LogP contribution in [-0.2, 0) is 11.3 Å². The van der Waals surface area contributed by atoms with Crippen molar-refractivity contribution in [3.63, 3.8) is 0 Å². The highest BCUT2D eigenvalue weighted by Gasteiger charge is 2.32. The van der Waals surface area contributed by atoms with E-state index in [1.165, 1.54) is 24.6 Å². The summed E-state index contributed by atoms with van der Waals surface area (Å²) >= 11 is 1.42. The number of hydrogen-bond acceptors (Lipinski definition) is 6. The Balaban J connectivity index is 1.32. The molecule has 0 atom stereocenters. The van der Waals surface area contributed by atoms with Gasteiger partial charge in [0.2, 0.25) is 5.91 Å². The number of likely N-dealkylation sites (tertiary alicyclic amines) is 1. The quantitative estimate of drug-likeness (QED) is 0.543. The van der Waals surface area contributed by atoms with Gasteiger partial charge in [0.25, 0.3) is 0 Å². The maximum absolute atomic E-state index is 12.4. The number of thioether (sulfide) groups is 1. The summed E-state index contributed by atoms with van der Waals surface area (Å²) in [6, 6.07) is 4.91. The zero-order chi connectivity index (χ0) is 19.3. The summed E-state index contributed by atoms with van der Waals surface area (Å²) in [6.07, 6.45) is 10.1. The minimum Gasteiger partial charge on any atom is -0.353 e. The maximum atomic E-state index is 12.4. The highest BCUT2D eigenvalue weighted by molar-refractivity contribution is 7.99. The molecule has 0 bridgehead atoms. The average molecular weight is 399 g/mol. The lowest BCUT2D eigenvalue weighted by Crippen LogP contribution is -2.45. The Morgan fingerprint density at radius 3 is 2.64 bits per heavy atom. The van der Waals surface area contributed by atoms with Gasteiger partial charge < -0.3 is 10.2 Å². The number of piperidine rings is 1. The Hall–Kier alpha value is -2.19. The number of pyridine rings is 1. The van der Waals surface area contributed by atoms with Crippen molar-refractivity contribution in [1.82, 2.24) is 30.0 Å². The molecule has 1 saturated heterocycles. The molecular formula is C20H26N6OS. The maximum Gasteiger partial charge on any atom is 0.230 e. The van der Waals surface area contributed by atoms with Crippen molar-refractivity contribution in [2.75, 3.05) is 18.8 Å². The Kier molecular flexibility index (Phi) is 6.07. The van der Waals surface area contributed by atoms with E-state index in [-0.39, 0.29) is 5.91 Å². The van der Waals surface area contributed by atoms with E-state index in [4.69, 9.17) is 0 Å². The van der Waals surface area contributed by atoms with Gasteiger partial charge in [-0.05, 0) is 37.8 Å². The fraction of sp³-hybridized carbons (Fsp3) is 0.500. The van der Waals surface area contributed by atoms with Crippen molar-refractivity contribution < 1.29 is 4.79 Å². The molecule has 1 amide bonds. The van der Waals surface area contributed by atoms with Gasteiger partial charge in [-0.1, -0.05) is 17.8 Å². The zero-order valence-corrected chi connectivity index (χ0v) is 16.8. The first-order valence-corrected chi connectivity index (χ1v) is 10.8. The number of carbonyl (C=O) groups is 1. The van der Waals surface area contributed by atoms with Crippen molar-refractivity contribution in [3.05, 3.63) is 37.2 Å². The van der Waals surface area contributed by atoms with Crippen LogP contribution in [0.3, 0.4) is 0 Å². The van der Waals surface area contributed by atoms with E-state index in [9.17, 15) is 4.79 Å². The molecule has 2 fully saturated rings. The molecule has 0 unspecified atom stereocenters. The Bertz CT molecular complexity index is 811. The topological polar surface area (TPSA) is 75.9 Å². The number of nitrogens with zero attached hydrogens (tertiary/aromatic N) is 5. The second-order valence-electron chi connectivity index (χ2n) is 7.34. The molecule has 148 valence electrons. The third-order valence-electron chi connectivity index (χ3n) is 5.26. The van der Waals surface area contributed by atoms with Crippen molar-refractivity contribution in [2.24, 2.45) is 0 Å². The van der Waals surface area contributed by atoms with Crippen LogP contribution < -0.4 is 5.32 Å². The lowest BCUT2D eigenvalue weighted by Gasteiger charge is -2.32. The molecule has 1 saturated carbocycles. The van der Waals surface area contributed by atoms with E-state index in [0.717, 1.165) is 48.5 Å². The van der Waals surface area contributed by atoms with Crippen molar-refractivity contribution in [1.29, 1.82) is 0 Å². The Morgan fingerprint density at radius 1 is 1.21 bits per heavy atom. The zero-order valence-electron chi connectivity index (χ0n) is 16.0. The number of hydrogen-bond donors (Lipinski definition) is 1. The van der Waals surface area contributed by atoms with E-state index < -0.39 is 0 Å². The molecule has 1 aliphatic heterocycles. The summed E-state index contributed by atoms with van der Waals surface area (Å²) in [5, 5.41) is 12.5. The highest BCUT2D eigenvalue weighted by atomic mass is 32.2. The van der Waals surface area contributed by atoms with Crippen LogP contribution in [0.1, 0.15) is 25.7 Å². The van der Waals surface area contributed by atoms with Gasteiger partial charge in [0, 0.05) is 49.7 Å². The minimum atomic E-state index is 0.0634. The SMILES string of the molecule is C=CCn1c(SCC(=O)NC2CCN(C3CC3)CC2)nnc1-c1ccncc1. The predicted octanol–water partition coefficient (Wildman–Crippen LogP) is 2.36. The van der Waals surface area contributed by atoms with Crippen LogP contribution in [0.15, 0.2) is 42.3 Å². The normalized spacial score (nSPS) is 18.1. The molecule has 4 rings (SSSR count). The predicted molar refractivity (Wildman–Crippen MR) is 110 cm³/mol. The molecule has 0 spiro atoms. The first kappa shape index (κ1) is 19.1. The number of aromatic nitrogens is 4. The molecule has 0 aromatic carbocycles. The van der Waals surface area contributed by atoms with Crippen LogP contribution in [0.25, 0.3) is 11.4 Å². The van der Waals surface area contributed by atoms with Crippen LogP contribution in [0.5, 0.6) is 0 Å². The van der Waals surface area contributed by atoms with Crippen LogP contribution >= 0.6 is 11.8 Å². The third kappa shape index (κ3) is 4.62. The molecule has 1 N–H and O–H groups in total. The molecule has 2 aliphatic rings. The van der Waals surface area contributed by atoms with Crippen LogP contribution in [0.4, 0.5) is 0 Å². The minimum absolute atomic E-state index is 0.0634. The molecule has 2 aromatic heterocycles. The molecule has 2 aromatic rings. The summed E-state index contributed by atoms with van der Waals surface area (Å²) in [6.45, 7) is 6.62. The second kappa shape index (κ2) is 8.87. The number of allylic oxidation sites excluding steroid dienone is 1. The van der Waals surface area contributed by atoms with Gasteiger partial charge in [0.15, 0.2) is 11.0 Å². The highest BCUT2D eigenvalue weighted by Crippen LogP contribution is 2.29. The molecule has 1 aliphatic carbocycles. The van der Waals surface area contributed by atoms with Gasteiger partial charge in [-0.25, -0.2) is 0 Å². The number of amides is 1. The number of carbonyl (C=O) groups excluding carboxylic acids is 1. The number of rotatable bonds is 8. The van der Waals surface area contributed by atoms with Crippen molar-refractivity contribution >= 4 is 17.7 Å². The first-order valence-electron chi connectivity index (χ1n) is 9.85. The summed E-state index contributed by atoms with van der Waals surface area (Å²) in [7, 11) is 0. The van der Waals surface area contributed by atoms with Crippen LogP contribution in [0, 0.1) is 0 Å². The molecule has 3 heterocycles. The van der Waals surface area contributed by atoms with Gasteiger partial charge in [0.05, 0.1) is 5.75 Å².